The van der Waals surface area contributed by atoms with Gasteiger partial charge in [0.25, 0.3) is 0 Å². The highest BCUT2D eigenvalue weighted by Crippen LogP contribution is 2.23. The SMILES string of the molecule is CC(C)(NC(=O)[C@@H](CCCN)NC(=O)C(C)(C)c1ccccc1)C(N)=O. The van der Waals surface area contributed by atoms with Gasteiger partial charge in [0.15, 0.2) is 0 Å². The van der Waals surface area contributed by atoms with Crippen LogP contribution in [0.5, 0.6) is 0 Å². The predicted molar refractivity (Wildman–Crippen MR) is 101 cm³/mol. The molecule has 6 N–H and O–H groups in total. The molecule has 0 radical (unpaired) electrons. The molecule has 0 aromatic heterocycles. The number of nitrogens with two attached hydrogens (primary N) is 2. The summed E-state index contributed by atoms with van der Waals surface area (Å²) < 4.78 is 0. The molecule has 3 amide bonds. The molecule has 0 bridgehead atoms. The van der Waals surface area contributed by atoms with Crippen LogP contribution in [0.25, 0.3) is 0 Å². The Balaban J connectivity index is 2.94. The zero-order valence-electron chi connectivity index (χ0n) is 16.0. The molecule has 0 saturated heterocycles. The Hall–Kier alpha value is -2.41. The zero-order valence-corrected chi connectivity index (χ0v) is 16.0. The number of rotatable bonds is 9. The summed E-state index contributed by atoms with van der Waals surface area (Å²) in [6.45, 7) is 7.01. The molecular formula is C19H30N4O3. The summed E-state index contributed by atoms with van der Waals surface area (Å²) in [6, 6.07) is 8.53. The monoisotopic (exact) mass is 362 g/mol. The first-order valence-corrected chi connectivity index (χ1v) is 8.71. The number of benzene rings is 1. The second kappa shape index (κ2) is 8.80. The maximum atomic E-state index is 12.8. The van der Waals surface area contributed by atoms with Crippen LogP contribution < -0.4 is 22.1 Å². The summed E-state index contributed by atoms with van der Waals surface area (Å²) in [5, 5.41) is 5.39. The molecule has 1 rings (SSSR count). The fourth-order valence-corrected chi connectivity index (χ4v) is 2.37. The van der Waals surface area contributed by atoms with Gasteiger partial charge in [0.1, 0.15) is 11.6 Å². The van der Waals surface area contributed by atoms with E-state index in [2.05, 4.69) is 10.6 Å². The second-order valence-electron chi connectivity index (χ2n) is 7.43. The Morgan fingerprint density at radius 1 is 1.08 bits per heavy atom. The molecule has 1 aromatic carbocycles. The van der Waals surface area contributed by atoms with Gasteiger partial charge >= 0.3 is 0 Å². The minimum absolute atomic E-state index is 0.280. The van der Waals surface area contributed by atoms with Crippen LogP contribution in [0, 0.1) is 0 Å². The third-order valence-electron chi connectivity index (χ3n) is 4.43. The van der Waals surface area contributed by atoms with Crippen LogP contribution in [0.4, 0.5) is 0 Å². The lowest BCUT2D eigenvalue weighted by molar-refractivity contribution is -0.134. The lowest BCUT2D eigenvalue weighted by Gasteiger charge is -2.30. The molecule has 0 saturated carbocycles. The summed E-state index contributed by atoms with van der Waals surface area (Å²) in [7, 11) is 0. The molecule has 0 unspecified atom stereocenters. The third kappa shape index (κ3) is 5.56. The lowest BCUT2D eigenvalue weighted by atomic mass is 9.83. The molecule has 1 atom stereocenters. The van der Waals surface area contributed by atoms with Crippen molar-refractivity contribution in [2.75, 3.05) is 6.54 Å². The predicted octanol–water partition coefficient (Wildman–Crippen LogP) is 0.568. The molecule has 0 heterocycles. The van der Waals surface area contributed by atoms with E-state index in [4.69, 9.17) is 11.5 Å². The molecule has 0 aliphatic carbocycles. The number of carbonyl (C=O) groups excluding carboxylic acids is 3. The molecule has 1 aromatic rings. The Kier molecular flexibility index (Phi) is 7.32. The summed E-state index contributed by atoms with van der Waals surface area (Å²) in [5.74, 6) is -1.39. The molecule has 0 fully saturated rings. The first kappa shape index (κ1) is 21.6. The van der Waals surface area contributed by atoms with E-state index in [-0.39, 0.29) is 5.91 Å². The zero-order chi connectivity index (χ0) is 20.0. The van der Waals surface area contributed by atoms with Crippen molar-refractivity contribution in [2.24, 2.45) is 11.5 Å². The molecular weight excluding hydrogens is 332 g/mol. The minimum atomic E-state index is -1.21. The molecule has 26 heavy (non-hydrogen) atoms. The van der Waals surface area contributed by atoms with Crippen LogP contribution >= 0.6 is 0 Å². The van der Waals surface area contributed by atoms with Crippen molar-refractivity contribution in [2.45, 2.75) is 57.5 Å². The summed E-state index contributed by atoms with van der Waals surface area (Å²) in [5.41, 5.74) is 9.66. The van der Waals surface area contributed by atoms with Crippen LogP contribution in [-0.2, 0) is 19.8 Å². The van der Waals surface area contributed by atoms with Gasteiger partial charge in [-0.25, -0.2) is 0 Å². The number of hydrogen-bond donors (Lipinski definition) is 4. The van der Waals surface area contributed by atoms with E-state index >= 15 is 0 Å². The van der Waals surface area contributed by atoms with Gasteiger partial charge in [0, 0.05) is 0 Å². The van der Waals surface area contributed by atoms with Crippen LogP contribution in [0.1, 0.15) is 46.1 Å². The van der Waals surface area contributed by atoms with Crippen molar-refractivity contribution < 1.29 is 14.4 Å². The Morgan fingerprint density at radius 3 is 2.15 bits per heavy atom. The first-order valence-electron chi connectivity index (χ1n) is 8.71. The van der Waals surface area contributed by atoms with Crippen molar-refractivity contribution >= 4 is 17.7 Å². The molecule has 7 nitrogen and oxygen atoms in total. The molecule has 0 aliphatic rings. The fraction of sp³-hybridized carbons (Fsp3) is 0.526. The van der Waals surface area contributed by atoms with Gasteiger partial charge in [0.05, 0.1) is 5.41 Å². The van der Waals surface area contributed by atoms with Gasteiger partial charge < -0.3 is 22.1 Å². The van der Waals surface area contributed by atoms with Crippen LogP contribution in [0.2, 0.25) is 0 Å². The maximum absolute atomic E-state index is 12.8. The van der Waals surface area contributed by atoms with Crippen molar-refractivity contribution in [3.05, 3.63) is 35.9 Å². The second-order valence-corrected chi connectivity index (χ2v) is 7.43. The number of primary amides is 1. The minimum Gasteiger partial charge on any atom is -0.368 e. The van der Waals surface area contributed by atoms with Crippen LogP contribution in [0.3, 0.4) is 0 Å². The third-order valence-corrected chi connectivity index (χ3v) is 4.43. The first-order chi connectivity index (χ1) is 12.0. The summed E-state index contributed by atoms with van der Waals surface area (Å²) in [4.78, 5) is 36.9. The Labute approximate surface area is 154 Å². The van der Waals surface area contributed by atoms with Gasteiger partial charge in [-0.1, -0.05) is 30.3 Å². The van der Waals surface area contributed by atoms with Gasteiger partial charge in [-0.3, -0.25) is 14.4 Å². The molecule has 0 aliphatic heterocycles. The van der Waals surface area contributed by atoms with Crippen molar-refractivity contribution in [3.63, 3.8) is 0 Å². The quantitative estimate of drug-likeness (QED) is 0.512. The molecule has 144 valence electrons. The highest BCUT2D eigenvalue weighted by atomic mass is 16.2. The maximum Gasteiger partial charge on any atom is 0.243 e. The van der Waals surface area contributed by atoms with Gasteiger partial charge in [-0.2, -0.15) is 0 Å². The lowest BCUT2D eigenvalue weighted by Crippen LogP contribution is -2.59. The average Bonchev–Trinajstić information content (AvgIpc) is 2.58. The Bertz CT molecular complexity index is 641. The fourth-order valence-electron chi connectivity index (χ4n) is 2.37. The number of carbonyl (C=O) groups is 3. The molecule has 7 heteroatoms. The van der Waals surface area contributed by atoms with Gasteiger partial charge in [-0.05, 0) is 52.6 Å². The largest absolute Gasteiger partial charge is 0.368 e. The van der Waals surface area contributed by atoms with Crippen LogP contribution in [-0.4, -0.2) is 35.8 Å². The standard InChI is InChI=1S/C19H30N4O3/c1-18(2,13-9-6-5-7-10-13)17(26)22-14(11-8-12-20)15(24)23-19(3,4)16(21)25/h5-7,9-10,14H,8,11-12,20H2,1-4H3,(H2,21,25)(H,22,26)(H,23,24)/t14-/m1/s1. The van der Waals surface area contributed by atoms with E-state index in [1.165, 1.54) is 13.8 Å². The van der Waals surface area contributed by atoms with Crippen molar-refractivity contribution in [1.29, 1.82) is 0 Å². The molecule has 0 spiro atoms. The topological polar surface area (TPSA) is 127 Å². The van der Waals surface area contributed by atoms with Gasteiger partial charge in [-0.15, -0.1) is 0 Å². The highest BCUT2D eigenvalue weighted by Gasteiger charge is 2.35. The number of nitrogens with one attached hydrogen (secondary N) is 2. The van der Waals surface area contributed by atoms with E-state index in [1.807, 2.05) is 30.3 Å². The smallest absolute Gasteiger partial charge is 0.243 e. The van der Waals surface area contributed by atoms with E-state index in [1.54, 1.807) is 13.8 Å². The normalized spacial score (nSPS) is 13.0. The Morgan fingerprint density at radius 2 is 1.65 bits per heavy atom. The van der Waals surface area contributed by atoms with E-state index in [9.17, 15) is 14.4 Å². The number of amides is 3. The summed E-state index contributed by atoms with van der Waals surface area (Å²) >= 11 is 0. The number of hydrogen-bond acceptors (Lipinski definition) is 4. The highest BCUT2D eigenvalue weighted by molar-refractivity contribution is 5.95. The summed E-state index contributed by atoms with van der Waals surface area (Å²) in [6.07, 6.45) is 0.926. The van der Waals surface area contributed by atoms with E-state index in [0.29, 0.717) is 19.4 Å². The van der Waals surface area contributed by atoms with E-state index in [0.717, 1.165) is 5.56 Å². The van der Waals surface area contributed by atoms with Crippen molar-refractivity contribution in [3.8, 4) is 0 Å². The van der Waals surface area contributed by atoms with Crippen LogP contribution in [0.15, 0.2) is 30.3 Å². The average molecular weight is 362 g/mol. The van der Waals surface area contributed by atoms with Gasteiger partial charge in [0.2, 0.25) is 17.7 Å². The van der Waals surface area contributed by atoms with E-state index < -0.39 is 28.8 Å². The van der Waals surface area contributed by atoms with Crippen molar-refractivity contribution in [1.82, 2.24) is 10.6 Å².